The molecule has 2 rings (SSSR count). The monoisotopic (exact) mass is 240 g/mol. The molecule has 0 radical (unpaired) electrons. The molecular weight excluding hydrogens is 212 g/mol. The van der Waals surface area contributed by atoms with Crippen LogP contribution in [0.5, 0.6) is 0 Å². The molecule has 1 aliphatic carbocycles. The second kappa shape index (κ2) is 6.72. The van der Waals surface area contributed by atoms with Crippen molar-refractivity contribution in [3.05, 3.63) is 0 Å². The van der Waals surface area contributed by atoms with E-state index in [0.29, 0.717) is 12.1 Å². The number of hydrogen-bond donors (Lipinski definition) is 1. The van der Waals surface area contributed by atoms with Crippen molar-refractivity contribution in [3.63, 3.8) is 0 Å². The van der Waals surface area contributed by atoms with Gasteiger partial charge in [-0.3, -0.25) is 4.90 Å². The third-order valence-corrected chi connectivity index (χ3v) is 4.47. The van der Waals surface area contributed by atoms with E-state index in [2.05, 4.69) is 11.9 Å². The highest BCUT2D eigenvalue weighted by atomic mass is 16.5. The predicted molar refractivity (Wildman–Crippen MR) is 71.0 cm³/mol. The minimum atomic E-state index is 0.383. The molecule has 100 valence electrons. The van der Waals surface area contributed by atoms with Crippen molar-refractivity contribution >= 4 is 0 Å². The van der Waals surface area contributed by atoms with Crippen LogP contribution in [0.15, 0.2) is 0 Å². The van der Waals surface area contributed by atoms with Crippen molar-refractivity contribution in [1.29, 1.82) is 0 Å². The first kappa shape index (κ1) is 13.3. The van der Waals surface area contributed by atoms with Crippen LogP contribution in [-0.2, 0) is 4.74 Å². The smallest absolute Gasteiger partial charge is 0.0743 e. The molecule has 2 atom stereocenters. The van der Waals surface area contributed by atoms with Gasteiger partial charge >= 0.3 is 0 Å². The van der Waals surface area contributed by atoms with Crippen LogP contribution < -0.4 is 5.73 Å². The van der Waals surface area contributed by atoms with Crippen LogP contribution in [0, 0.1) is 5.92 Å². The Morgan fingerprint density at radius 3 is 2.53 bits per heavy atom. The lowest BCUT2D eigenvalue weighted by Gasteiger charge is -2.34. The van der Waals surface area contributed by atoms with E-state index in [-0.39, 0.29) is 0 Å². The Bertz CT molecular complexity index is 210. The number of ether oxygens (including phenoxy) is 1. The Hall–Kier alpha value is -0.120. The van der Waals surface area contributed by atoms with E-state index < -0.39 is 0 Å². The van der Waals surface area contributed by atoms with Crippen LogP contribution in [-0.4, -0.2) is 43.8 Å². The van der Waals surface area contributed by atoms with Gasteiger partial charge in [0.15, 0.2) is 0 Å². The van der Waals surface area contributed by atoms with Crippen molar-refractivity contribution in [2.45, 2.75) is 57.1 Å². The molecule has 1 aliphatic heterocycles. The maximum atomic E-state index is 5.94. The predicted octanol–water partition coefficient (Wildman–Crippen LogP) is 2.00. The number of nitrogens with two attached hydrogens (primary N) is 1. The Morgan fingerprint density at radius 2 is 1.94 bits per heavy atom. The number of hydrogen-bond acceptors (Lipinski definition) is 3. The van der Waals surface area contributed by atoms with Gasteiger partial charge in [-0.25, -0.2) is 0 Å². The first-order valence-corrected chi connectivity index (χ1v) is 7.33. The molecule has 1 saturated heterocycles. The van der Waals surface area contributed by atoms with Crippen LogP contribution in [0.25, 0.3) is 0 Å². The van der Waals surface area contributed by atoms with Crippen LogP contribution in [0.4, 0.5) is 0 Å². The maximum absolute atomic E-state index is 5.94. The minimum absolute atomic E-state index is 0.383. The van der Waals surface area contributed by atoms with E-state index in [4.69, 9.17) is 10.5 Å². The molecule has 0 aromatic carbocycles. The van der Waals surface area contributed by atoms with Gasteiger partial charge in [0.2, 0.25) is 0 Å². The quantitative estimate of drug-likeness (QED) is 0.799. The molecular formula is C14H28N2O. The standard InChI is InChI=1S/C14H28N2O/c1-16(11-12-6-3-2-4-7-12)13(10-15)14-8-5-9-17-14/h12-14H,2-11,15H2,1H3. The molecule has 2 fully saturated rings. The Morgan fingerprint density at radius 1 is 1.18 bits per heavy atom. The molecule has 3 heteroatoms. The van der Waals surface area contributed by atoms with Crippen molar-refractivity contribution in [2.75, 3.05) is 26.7 Å². The molecule has 3 nitrogen and oxygen atoms in total. The highest BCUT2D eigenvalue weighted by Crippen LogP contribution is 2.26. The van der Waals surface area contributed by atoms with Gasteiger partial charge in [-0.2, -0.15) is 0 Å². The molecule has 17 heavy (non-hydrogen) atoms. The summed E-state index contributed by atoms with van der Waals surface area (Å²) in [6.45, 7) is 2.87. The van der Waals surface area contributed by atoms with Crippen molar-refractivity contribution in [3.8, 4) is 0 Å². The topological polar surface area (TPSA) is 38.5 Å². The minimum Gasteiger partial charge on any atom is -0.377 e. The van der Waals surface area contributed by atoms with Gasteiger partial charge in [0, 0.05) is 25.7 Å². The number of likely N-dealkylation sites (N-methyl/N-ethyl adjacent to an activating group) is 1. The normalized spacial score (nSPS) is 28.8. The lowest BCUT2D eigenvalue weighted by molar-refractivity contribution is 0.0298. The maximum Gasteiger partial charge on any atom is 0.0743 e. The highest BCUT2D eigenvalue weighted by molar-refractivity contribution is 4.83. The molecule has 0 spiro atoms. The zero-order valence-corrected chi connectivity index (χ0v) is 11.2. The van der Waals surface area contributed by atoms with Gasteiger partial charge in [0.1, 0.15) is 0 Å². The lowest BCUT2D eigenvalue weighted by atomic mass is 9.88. The van der Waals surface area contributed by atoms with Gasteiger partial charge in [0.25, 0.3) is 0 Å². The SMILES string of the molecule is CN(CC1CCCCC1)C(CN)C1CCCO1. The summed E-state index contributed by atoms with van der Waals surface area (Å²) >= 11 is 0. The van der Waals surface area contributed by atoms with Crippen molar-refractivity contribution in [1.82, 2.24) is 4.90 Å². The van der Waals surface area contributed by atoms with Gasteiger partial charge in [-0.15, -0.1) is 0 Å². The Balaban J connectivity index is 1.80. The fourth-order valence-electron chi connectivity index (χ4n) is 3.43. The fraction of sp³-hybridized carbons (Fsp3) is 1.00. The molecule has 1 saturated carbocycles. The lowest BCUT2D eigenvalue weighted by Crippen LogP contribution is -2.48. The third kappa shape index (κ3) is 3.67. The third-order valence-electron chi connectivity index (χ3n) is 4.47. The first-order chi connectivity index (χ1) is 8.31. The second-order valence-corrected chi connectivity index (χ2v) is 5.80. The van der Waals surface area contributed by atoms with Crippen molar-refractivity contribution in [2.24, 2.45) is 11.7 Å². The van der Waals surface area contributed by atoms with E-state index in [1.807, 2.05) is 0 Å². The molecule has 2 unspecified atom stereocenters. The summed E-state index contributed by atoms with van der Waals surface area (Å²) in [7, 11) is 2.23. The molecule has 2 aliphatic rings. The summed E-state index contributed by atoms with van der Waals surface area (Å²) in [6, 6.07) is 0.430. The van der Waals surface area contributed by atoms with Gasteiger partial charge < -0.3 is 10.5 Å². The average molecular weight is 240 g/mol. The van der Waals surface area contributed by atoms with Gasteiger partial charge in [-0.05, 0) is 38.6 Å². The summed E-state index contributed by atoms with van der Waals surface area (Å²) in [5.41, 5.74) is 5.94. The molecule has 0 amide bonds. The van der Waals surface area contributed by atoms with Crippen molar-refractivity contribution < 1.29 is 4.74 Å². The molecule has 2 N–H and O–H groups in total. The zero-order chi connectivity index (χ0) is 12.1. The average Bonchev–Trinajstić information content (AvgIpc) is 2.85. The summed E-state index contributed by atoms with van der Waals surface area (Å²) < 4.78 is 5.79. The molecule has 0 aromatic heterocycles. The van der Waals surface area contributed by atoms with E-state index in [1.54, 1.807) is 0 Å². The van der Waals surface area contributed by atoms with Gasteiger partial charge in [0.05, 0.1) is 6.10 Å². The highest BCUT2D eigenvalue weighted by Gasteiger charge is 2.29. The summed E-state index contributed by atoms with van der Waals surface area (Å²) in [5, 5.41) is 0. The number of rotatable bonds is 5. The summed E-state index contributed by atoms with van der Waals surface area (Å²) in [4.78, 5) is 2.46. The van der Waals surface area contributed by atoms with Crippen LogP contribution in [0.1, 0.15) is 44.9 Å². The van der Waals surface area contributed by atoms with E-state index in [1.165, 1.54) is 51.5 Å². The van der Waals surface area contributed by atoms with Gasteiger partial charge in [-0.1, -0.05) is 19.3 Å². The van der Waals surface area contributed by atoms with Crippen LogP contribution in [0.2, 0.25) is 0 Å². The van der Waals surface area contributed by atoms with E-state index in [0.717, 1.165) is 19.1 Å². The summed E-state index contributed by atoms with van der Waals surface area (Å²) in [6.07, 6.45) is 9.88. The van der Waals surface area contributed by atoms with Crippen LogP contribution in [0.3, 0.4) is 0 Å². The fourth-order valence-corrected chi connectivity index (χ4v) is 3.43. The molecule has 0 bridgehead atoms. The van der Waals surface area contributed by atoms with Crippen LogP contribution >= 0.6 is 0 Å². The first-order valence-electron chi connectivity index (χ1n) is 7.33. The summed E-state index contributed by atoms with van der Waals surface area (Å²) in [5.74, 6) is 0.893. The largest absolute Gasteiger partial charge is 0.377 e. The second-order valence-electron chi connectivity index (χ2n) is 5.80. The molecule has 0 aromatic rings. The van der Waals surface area contributed by atoms with E-state index >= 15 is 0 Å². The Labute approximate surface area is 106 Å². The zero-order valence-electron chi connectivity index (χ0n) is 11.2. The number of nitrogens with zero attached hydrogens (tertiary/aromatic N) is 1. The Kier molecular flexibility index (Phi) is 5.26. The molecule has 1 heterocycles. The van der Waals surface area contributed by atoms with E-state index in [9.17, 15) is 0 Å².